The summed E-state index contributed by atoms with van der Waals surface area (Å²) in [6.07, 6.45) is 5.41. The Hall–Kier alpha value is -1.06. The quantitative estimate of drug-likeness (QED) is 0.858. The highest BCUT2D eigenvalue weighted by Crippen LogP contribution is 2.28. The minimum atomic E-state index is -0.501. The van der Waals surface area contributed by atoms with Crippen molar-refractivity contribution in [3.05, 3.63) is 29.8 Å². The van der Waals surface area contributed by atoms with Gasteiger partial charge in [-0.3, -0.25) is 0 Å². The Morgan fingerprint density at radius 1 is 1.21 bits per heavy atom. The third kappa shape index (κ3) is 3.95. The molecular formula is C16H25NO2. The van der Waals surface area contributed by atoms with E-state index in [0.29, 0.717) is 6.54 Å². The van der Waals surface area contributed by atoms with Crippen LogP contribution in [0.2, 0.25) is 0 Å². The molecule has 0 bridgehead atoms. The molecule has 2 rings (SSSR count). The summed E-state index contributed by atoms with van der Waals surface area (Å²) in [7, 11) is 1.68. The maximum atomic E-state index is 10.5. The van der Waals surface area contributed by atoms with Gasteiger partial charge in [0.15, 0.2) is 0 Å². The smallest absolute Gasteiger partial charge is 0.118 e. The third-order valence-corrected chi connectivity index (χ3v) is 4.14. The van der Waals surface area contributed by atoms with Gasteiger partial charge < -0.3 is 15.2 Å². The Bertz CT molecular complexity index is 382. The first-order valence-electron chi connectivity index (χ1n) is 7.23. The lowest BCUT2D eigenvalue weighted by atomic mass is 9.84. The number of benzene rings is 1. The fraction of sp³-hybridized carbons (Fsp3) is 0.625. The molecule has 19 heavy (non-hydrogen) atoms. The van der Waals surface area contributed by atoms with Crippen LogP contribution in [-0.2, 0) is 0 Å². The van der Waals surface area contributed by atoms with Crippen LogP contribution in [0.5, 0.6) is 5.75 Å². The lowest BCUT2D eigenvalue weighted by Crippen LogP contribution is -2.42. The topological polar surface area (TPSA) is 41.5 Å². The molecule has 0 amide bonds. The van der Waals surface area contributed by atoms with Crippen molar-refractivity contribution >= 4 is 0 Å². The largest absolute Gasteiger partial charge is 0.497 e. The van der Waals surface area contributed by atoms with Gasteiger partial charge >= 0.3 is 0 Å². The highest BCUT2D eigenvalue weighted by Gasteiger charge is 2.29. The summed E-state index contributed by atoms with van der Waals surface area (Å²) in [5, 5.41) is 13.9. The second-order valence-corrected chi connectivity index (χ2v) is 5.66. The summed E-state index contributed by atoms with van der Waals surface area (Å²) in [5.41, 5.74) is 0.721. The Kier molecular flexibility index (Phi) is 4.83. The Morgan fingerprint density at radius 3 is 2.42 bits per heavy atom. The minimum Gasteiger partial charge on any atom is -0.497 e. The van der Waals surface area contributed by atoms with Crippen LogP contribution in [0, 0.1) is 0 Å². The van der Waals surface area contributed by atoms with E-state index in [2.05, 4.69) is 24.4 Å². The molecule has 106 valence electrons. The molecule has 1 aliphatic carbocycles. The number of hydrogen-bond donors (Lipinski definition) is 2. The van der Waals surface area contributed by atoms with Gasteiger partial charge in [0, 0.05) is 12.6 Å². The van der Waals surface area contributed by atoms with E-state index in [1.54, 1.807) is 7.11 Å². The van der Waals surface area contributed by atoms with E-state index < -0.39 is 5.60 Å². The van der Waals surface area contributed by atoms with Gasteiger partial charge in [0.05, 0.1) is 12.7 Å². The van der Waals surface area contributed by atoms with E-state index in [-0.39, 0.29) is 6.04 Å². The van der Waals surface area contributed by atoms with E-state index in [9.17, 15) is 5.11 Å². The summed E-state index contributed by atoms with van der Waals surface area (Å²) in [5.74, 6) is 0.877. The Labute approximate surface area is 116 Å². The predicted octanol–water partition coefficient (Wildman–Crippen LogP) is 3.04. The molecule has 0 aliphatic heterocycles. The first kappa shape index (κ1) is 14.4. The molecule has 1 aliphatic rings. The van der Waals surface area contributed by atoms with Crippen molar-refractivity contribution in [1.82, 2.24) is 5.32 Å². The molecule has 1 fully saturated rings. The lowest BCUT2D eigenvalue weighted by Gasteiger charge is -2.33. The summed E-state index contributed by atoms with van der Waals surface area (Å²) in [6.45, 7) is 2.81. The maximum Gasteiger partial charge on any atom is 0.118 e. The predicted molar refractivity (Wildman–Crippen MR) is 77.4 cm³/mol. The molecule has 1 aromatic carbocycles. The highest BCUT2D eigenvalue weighted by molar-refractivity contribution is 5.28. The van der Waals surface area contributed by atoms with Gasteiger partial charge in [-0.25, -0.2) is 0 Å². The van der Waals surface area contributed by atoms with Gasteiger partial charge in [0.25, 0.3) is 0 Å². The molecule has 2 N–H and O–H groups in total. The fourth-order valence-corrected chi connectivity index (χ4v) is 2.74. The van der Waals surface area contributed by atoms with E-state index in [4.69, 9.17) is 4.74 Å². The molecule has 3 nitrogen and oxygen atoms in total. The summed E-state index contributed by atoms with van der Waals surface area (Å²) < 4.78 is 5.16. The van der Waals surface area contributed by atoms with E-state index in [1.807, 2.05) is 12.1 Å². The molecule has 1 unspecified atom stereocenters. The summed E-state index contributed by atoms with van der Waals surface area (Å²) in [6, 6.07) is 8.34. The van der Waals surface area contributed by atoms with Crippen molar-refractivity contribution in [2.24, 2.45) is 0 Å². The van der Waals surface area contributed by atoms with Crippen molar-refractivity contribution in [3.8, 4) is 5.75 Å². The zero-order valence-electron chi connectivity index (χ0n) is 12.0. The second kappa shape index (κ2) is 6.40. The molecule has 3 heteroatoms. The number of ether oxygens (including phenoxy) is 1. The van der Waals surface area contributed by atoms with Crippen molar-refractivity contribution in [2.45, 2.75) is 50.7 Å². The second-order valence-electron chi connectivity index (χ2n) is 5.66. The van der Waals surface area contributed by atoms with E-state index in [1.165, 1.54) is 12.0 Å². The van der Waals surface area contributed by atoms with E-state index in [0.717, 1.165) is 31.4 Å². The van der Waals surface area contributed by atoms with Crippen LogP contribution in [0.1, 0.15) is 50.6 Å². The van der Waals surface area contributed by atoms with Crippen LogP contribution >= 0.6 is 0 Å². The molecule has 1 atom stereocenters. The number of methoxy groups -OCH3 is 1. The number of hydrogen-bond acceptors (Lipinski definition) is 3. The SMILES string of the molecule is COc1ccc(C(C)NCC2(O)CCCCC2)cc1. The van der Waals surface area contributed by atoms with Crippen LogP contribution in [0.25, 0.3) is 0 Å². The van der Waals surface area contributed by atoms with Crippen molar-refractivity contribution in [2.75, 3.05) is 13.7 Å². The van der Waals surface area contributed by atoms with Crippen LogP contribution < -0.4 is 10.1 Å². The van der Waals surface area contributed by atoms with Gasteiger partial charge in [-0.15, -0.1) is 0 Å². The minimum absolute atomic E-state index is 0.247. The number of nitrogens with one attached hydrogen (secondary N) is 1. The fourth-order valence-electron chi connectivity index (χ4n) is 2.74. The van der Waals surface area contributed by atoms with Gasteiger partial charge in [0.2, 0.25) is 0 Å². The number of rotatable bonds is 5. The van der Waals surface area contributed by atoms with Gasteiger partial charge in [-0.05, 0) is 37.5 Å². The molecule has 1 saturated carbocycles. The Balaban J connectivity index is 1.87. The zero-order valence-corrected chi connectivity index (χ0v) is 12.0. The average molecular weight is 263 g/mol. The molecule has 0 spiro atoms. The van der Waals surface area contributed by atoms with Crippen LogP contribution in [0.15, 0.2) is 24.3 Å². The lowest BCUT2D eigenvalue weighted by molar-refractivity contribution is 0.00300. The van der Waals surface area contributed by atoms with Crippen molar-refractivity contribution in [1.29, 1.82) is 0 Å². The molecule has 1 aromatic rings. The molecule has 0 saturated heterocycles. The highest BCUT2D eigenvalue weighted by atomic mass is 16.5. The summed E-state index contributed by atoms with van der Waals surface area (Å²) >= 11 is 0. The van der Waals surface area contributed by atoms with Crippen LogP contribution in [-0.4, -0.2) is 24.4 Å². The average Bonchev–Trinajstić information content (AvgIpc) is 2.46. The first-order valence-corrected chi connectivity index (χ1v) is 7.23. The normalized spacial score (nSPS) is 19.9. The van der Waals surface area contributed by atoms with E-state index >= 15 is 0 Å². The molecule has 0 heterocycles. The number of aliphatic hydroxyl groups is 1. The summed E-state index contributed by atoms with van der Waals surface area (Å²) in [4.78, 5) is 0. The standard InChI is InChI=1S/C16H25NO2/c1-13(14-6-8-15(19-2)9-7-14)17-12-16(18)10-4-3-5-11-16/h6-9,13,17-18H,3-5,10-12H2,1-2H3. The monoisotopic (exact) mass is 263 g/mol. The van der Waals surface area contributed by atoms with Crippen molar-refractivity contribution in [3.63, 3.8) is 0 Å². The van der Waals surface area contributed by atoms with Crippen LogP contribution in [0.4, 0.5) is 0 Å². The zero-order chi connectivity index (χ0) is 13.7. The molecular weight excluding hydrogens is 238 g/mol. The maximum absolute atomic E-state index is 10.5. The van der Waals surface area contributed by atoms with Crippen LogP contribution in [0.3, 0.4) is 0 Å². The van der Waals surface area contributed by atoms with Gasteiger partial charge in [-0.1, -0.05) is 31.4 Å². The molecule has 0 aromatic heterocycles. The van der Waals surface area contributed by atoms with Gasteiger partial charge in [0.1, 0.15) is 5.75 Å². The Morgan fingerprint density at radius 2 is 1.84 bits per heavy atom. The van der Waals surface area contributed by atoms with Gasteiger partial charge in [-0.2, -0.15) is 0 Å². The first-order chi connectivity index (χ1) is 9.13. The third-order valence-electron chi connectivity index (χ3n) is 4.14. The molecule has 0 radical (unpaired) electrons. The van der Waals surface area contributed by atoms with Crippen molar-refractivity contribution < 1.29 is 9.84 Å².